The standard InChI is InChI=1S/C24H24F3N7O2S/c1-35-19-11-15(34-7-9-36-10-8-34)3-4-16(19)23(28)12-18(17(13-32-23)24(25,26)27)33-22-20(37-14-31-22)21-29-5-2-6-30-21/h2-6,11-14,32-33H,7-10,28H2,1H3. The summed E-state index contributed by atoms with van der Waals surface area (Å²) in [4.78, 5) is 15.2. The number of anilines is 2. The summed E-state index contributed by atoms with van der Waals surface area (Å²) in [6, 6.07) is 7.10. The predicted octanol–water partition coefficient (Wildman–Crippen LogP) is 3.60. The van der Waals surface area contributed by atoms with Crippen molar-refractivity contribution < 1.29 is 22.6 Å². The molecule has 0 radical (unpaired) electrons. The van der Waals surface area contributed by atoms with Crippen molar-refractivity contribution in [2.75, 3.05) is 43.6 Å². The van der Waals surface area contributed by atoms with E-state index in [4.69, 9.17) is 15.2 Å². The van der Waals surface area contributed by atoms with Gasteiger partial charge in [0, 0.05) is 49.0 Å². The summed E-state index contributed by atoms with van der Waals surface area (Å²) in [5.41, 5.74) is 6.86. The van der Waals surface area contributed by atoms with Crippen LogP contribution in [-0.2, 0) is 10.4 Å². The van der Waals surface area contributed by atoms with Crippen LogP contribution in [0.4, 0.5) is 24.7 Å². The van der Waals surface area contributed by atoms with E-state index in [1.54, 1.807) is 24.5 Å². The normalized spacial score (nSPS) is 20.1. The molecule has 3 aromatic rings. The number of allylic oxidation sites excluding steroid dienone is 1. The van der Waals surface area contributed by atoms with Gasteiger partial charge in [0.05, 0.1) is 37.1 Å². The highest BCUT2D eigenvalue weighted by atomic mass is 32.1. The number of hydrogen-bond donors (Lipinski definition) is 3. The van der Waals surface area contributed by atoms with Crippen molar-refractivity contribution in [3.63, 3.8) is 0 Å². The number of ether oxygens (including phenoxy) is 2. The number of methoxy groups -OCH3 is 1. The van der Waals surface area contributed by atoms with Gasteiger partial charge in [-0.05, 0) is 24.3 Å². The maximum absolute atomic E-state index is 14.0. The SMILES string of the molecule is COc1cc(N2CCOCC2)ccc1C1(N)C=C(Nc2ncsc2-c2ncccn2)C(C(F)(F)F)=CN1. The number of nitrogens with two attached hydrogens (primary N) is 1. The number of hydrogen-bond acceptors (Lipinski definition) is 10. The average molecular weight is 532 g/mol. The lowest BCUT2D eigenvalue weighted by Gasteiger charge is -2.35. The van der Waals surface area contributed by atoms with E-state index in [2.05, 4.69) is 30.5 Å². The molecule has 0 aliphatic carbocycles. The highest BCUT2D eigenvalue weighted by Gasteiger charge is 2.42. The molecule has 1 unspecified atom stereocenters. The second-order valence-electron chi connectivity index (χ2n) is 8.34. The molecule has 13 heteroatoms. The summed E-state index contributed by atoms with van der Waals surface area (Å²) in [6.45, 7) is 2.67. The van der Waals surface area contributed by atoms with Crippen LogP contribution in [0.15, 0.2) is 65.7 Å². The van der Waals surface area contributed by atoms with Gasteiger partial charge in [-0.15, -0.1) is 11.3 Å². The van der Waals surface area contributed by atoms with Gasteiger partial charge in [-0.25, -0.2) is 15.0 Å². The highest BCUT2D eigenvalue weighted by molar-refractivity contribution is 7.13. The largest absolute Gasteiger partial charge is 0.496 e. The Morgan fingerprint density at radius 2 is 1.95 bits per heavy atom. The van der Waals surface area contributed by atoms with Crippen molar-refractivity contribution in [2.45, 2.75) is 11.8 Å². The number of rotatable bonds is 6. The van der Waals surface area contributed by atoms with Crippen LogP contribution in [0.1, 0.15) is 5.56 Å². The van der Waals surface area contributed by atoms with Crippen molar-refractivity contribution in [1.29, 1.82) is 0 Å². The Kier molecular flexibility index (Phi) is 6.75. The predicted molar refractivity (Wildman–Crippen MR) is 134 cm³/mol. The average Bonchev–Trinajstić information content (AvgIpc) is 3.36. The fourth-order valence-electron chi connectivity index (χ4n) is 4.19. The quantitative estimate of drug-likeness (QED) is 0.439. The van der Waals surface area contributed by atoms with E-state index in [9.17, 15) is 13.2 Å². The topological polar surface area (TPSA) is 110 Å². The lowest BCUT2D eigenvalue weighted by Crippen LogP contribution is -2.50. The van der Waals surface area contributed by atoms with Gasteiger partial charge < -0.3 is 30.7 Å². The zero-order chi connectivity index (χ0) is 26.0. The fourth-order valence-corrected chi connectivity index (χ4v) is 4.88. The first-order valence-electron chi connectivity index (χ1n) is 11.3. The number of morpholine rings is 1. The van der Waals surface area contributed by atoms with Gasteiger partial charge in [0.25, 0.3) is 0 Å². The highest BCUT2D eigenvalue weighted by Crippen LogP contribution is 2.40. The van der Waals surface area contributed by atoms with Crippen molar-refractivity contribution in [3.05, 3.63) is 71.3 Å². The Morgan fingerprint density at radius 3 is 2.65 bits per heavy atom. The number of benzene rings is 1. The lowest BCUT2D eigenvalue weighted by molar-refractivity contribution is -0.0900. The molecule has 5 rings (SSSR count). The number of nitrogens with one attached hydrogen (secondary N) is 2. The van der Waals surface area contributed by atoms with Gasteiger partial charge in [0.1, 0.15) is 16.3 Å². The first-order chi connectivity index (χ1) is 17.8. The molecule has 1 atom stereocenters. The number of dihydropyridines is 1. The Labute approximate surface area is 214 Å². The van der Waals surface area contributed by atoms with Crippen LogP contribution in [0, 0.1) is 0 Å². The molecular weight excluding hydrogens is 507 g/mol. The van der Waals surface area contributed by atoms with Gasteiger partial charge >= 0.3 is 6.18 Å². The van der Waals surface area contributed by atoms with E-state index in [1.165, 1.54) is 30.0 Å². The lowest BCUT2D eigenvalue weighted by atomic mass is 9.93. The number of halogens is 3. The van der Waals surface area contributed by atoms with Crippen LogP contribution in [-0.4, -0.2) is 54.5 Å². The zero-order valence-electron chi connectivity index (χ0n) is 19.7. The zero-order valence-corrected chi connectivity index (χ0v) is 20.6. The summed E-state index contributed by atoms with van der Waals surface area (Å²) in [5.74, 6) is 0.973. The molecule has 9 nitrogen and oxygen atoms in total. The third kappa shape index (κ3) is 5.10. The van der Waals surface area contributed by atoms with Crippen molar-refractivity contribution in [2.24, 2.45) is 5.73 Å². The number of aromatic nitrogens is 3. The van der Waals surface area contributed by atoms with E-state index in [1.807, 2.05) is 12.1 Å². The minimum absolute atomic E-state index is 0.191. The van der Waals surface area contributed by atoms with E-state index in [0.717, 1.165) is 25.0 Å². The molecule has 4 heterocycles. The van der Waals surface area contributed by atoms with E-state index in [0.29, 0.717) is 35.2 Å². The van der Waals surface area contributed by atoms with Crippen LogP contribution < -0.4 is 26.0 Å². The maximum Gasteiger partial charge on any atom is 0.419 e. The van der Waals surface area contributed by atoms with Gasteiger partial charge in [0.15, 0.2) is 11.6 Å². The maximum atomic E-state index is 14.0. The molecule has 1 saturated heterocycles. The molecule has 0 spiro atoms. The van der Waals surface area contributed by atoms with E-state index >= 15 is 0 Å². The number of nitrogens with zero attached hydrogens (tertiary/aromatic N) is 4. The molecule has 0 amide bonds. The molecular formula is C24H24F3N7O2S. The molecule has 1 aromatic carbocycles. The second-order valence-corrected chi connectivity index (χ2v) is 9.19. The van der Waals surface area contributed by atoms with Crippen molar-refractivity contribution in [3.8, 4) is 16.5 Å². The number of alkyl halides is 3. The van der Waals surface area contributed by atoms with Crippen molar-refractivity contribution in [1.82, 2.24) is 20.3 Å². The Balaban J connectivity index is 1.52. The summed E-state index contributed by atoms with van der Waals surface area (Å²) in [7, 11) is 1.50. The molecule has 37 heavy (non-hydrogen) atoms. The Bertz CT molecular complexity index is 1320. The second kappa shape index (κ2) is 10.00. The van der Waals surface area contributed by atoms with Crippen LogP contribution >= 0.6 is 11.3 Å². The molecule has 1 fully saturated rings. The first-order valence-corrected chi connectivity index (χ1v) is 12.2. The molecule has 0 bridgehead atoms. The summed E-state index contributed by atoms with van der Waals surface area (Å²) < 4.78 is 53.0. The summed E-state index contributed by atoms with van der Waals surface area (Å²) in [5, 5.41) is 5.54. The molecule has 2 aliphatic heterocycles. The van der Waals surface area contributed by atoms with Gasteiger partial charge in [-0.2, -0.15) is 13.2 Å². The van der Waals surface area contributed by atoms with Crippen LogP contribution in [0.5, 0.6) is 5.75 Å². The van der Waals surface area contributed by atoms with E-state index < -0.39 is 17.4 Å². The molecule has 4 N–H and O–H groups in total. The molecule has 194 valence electrons. The molecule has 0 saturated carbocycles. The van der Waals surface area contributed by atoms with E-state index in [-0.39, 0.29) is 11.5 Å². The van der Waals surface area contributed by atoms with Gasteiger partial charge in [-0.3, -0.25) is 0 Å². The minimum atomic E-state index is -4.66. The summed E-state index contributed by atoms with van der Waals surface area (Å²) in [6.07, 6.45) is 0.597. The third-order valence-electron chi connectivity index (χ3n) is 6.02. The monoisotopic (exact) mass is 531 g/mol. The first kappa shape index (κ1) is 25.0. The van der Waals surface area contributed by atoms with Gasteiger partial charge in [-0.1, -0.05) is 0 Å². The fraction of sp³-hybridized carbons (Fsp3) is 0.292. The van der Waals surface area contributed by atoms with Gasteiger partial charge in [0.2, 0.25) is 0 Å². The minimum Gasteiger partial charge on any atom is -0.496 e. The van der Waals surface area contributed by atoms with Crippen molar-refractivity contribution >= 4 is 22.8 Å². The Hall–Kier alpha value is -3.68. The van der Waals surface area contributed by atoms with Crippen LogP contribution in [0.3, 0.4) is 0 Å². The molecule has 2 aromatic heterocycles. The number of thiazole rings is 1. The Morgan fingerprint density at radius 1 is 1.19 bits per heavy atom. The molecule has 2 aliphatic rings. The van der Waals surface area contributed by atoms with Crippen LogP contribution in [0.25, 0.3) is 10.7 Å². The third-order valence-corrected chi connectivity index (χ3v) is 6.84. The van der Waals surface area contributed by atoms with Crippen LogP contribution in [0.2, 0.25) is 0 Å². The smallest absolute Gasteiger partial charge is 0.419 e. The summed E-state index contributed by atoms with van der Waals surface area (Å²) >= 11 is 1.21.